The zero-order valence-corrected chi connectivity index (χ0v) is 15.1. The fourth-order valence-electron chi connectivity index (χ4n) is 6.21. The van der Waals surface area contributed by atoms with Gasteiger partial charge in [0.05, 0.1) is 0 Å². The van der Waals surface area contributed by atoms with Gasteiger partial charge in [0, 0.05) is 6.04 Å². The van der Waals surface area contributed by atoms with Crippen molar-refractivity contribution >= 4 is 0 Å². The SMILES string of the molecule is CCC1CCC2C3C/C=C(\CCC12C)CC(N)CCC(C)C3. The summed E-state index contributed by atoms with van der Waals surface area (Å²) in [5.41, 5.74) is 8.70. The van der Waals surface area contributed by atoms with Crippen LogP contribution in [0.3, 0.4) is 0 Å². The van der Waals surface area contributed by atoms with Gasteiger partial charge in [-0.15, -0.1) is 0 Å². The van der Waals surface area contributed by atoms with Gasteiger partial charge in [0.2, 0.25) is 0 Å². The van der Waals surface area contributed by atoms with Gasteiger partial charge >= 0.3 is 0 Å². The minimum Gasteiger partial charge on any atom is -0.327 e. The van der Waals surface area contributed by atoms with E-state index in [1.54, 1.807) is 5.57 Å². The van der Waals surface area contributed by atoms with E-state index in [1.807, 2.05) is 0 Å². The summed E-state index contributed by atoms with van der Waals surface area (Å²) in [5.74, 6) is 3.73. The Morgan fingerprint density at radius 2 is 2.05 bits per heavy atom. The molecule has 0 amide bonds. The number of hydrogen-bond acceptors (Lipinski definition) is 1. The molecule has 3 aliphatic rings. The van der Waals surface area contributed by atoms with Gasteiger partial charge < -0.3 is 5.73 Å². The molecule has 1 nitrogen and oxygen atoms in total. The monoisotopic (exact) mass is 303 g/mol. The maximum atomic E-state index is 6.41. The summed E-state index contributed by atoms with van der Waals surface area (Å²) < 4.78 is 0. The summed E-state index contributed by atoms with van der Waals surface area (Å²) in [7, 11) is 0. The molecule has 0 aromatic rings. The summed E-state index contributed by atoms with van der Waals surface area (Å²) in [6.07, 6.45) is 16.2. The van der Waals surface area contributed by atoms with Crippen LogP contribution < -0.4 is 5.73 Å². The number of hydrogen-bond donors (Lipinski definition) is 1. The molecule has 0 saturated heterocycles. The normalized spacial score (nSPS) is 48.9. The molecular weight excluding hydrogens is 266 g/mol. The minimum absolute atomic E-state index is 0.402. The number of rotatable bonds is 1. The second-order valence-corrected chi connectivity index (χ2v) is 9.04. The van der Waals surface area contributed by atoms with Crippen LogP contribution in [0, 0.1) is 29.1 Å². The molecule has 22 heavy (non-hydrogen) atoms. The van der Waals surface area contributed by atoms with E-state index in [0.29, 0.717) is 11.5 Å². The molecule has 6 unspecified atom stereocenters. The lowest BCUT2D eigenvalue weighted by atomic mass is 9.62. The van der Waals surface area contributed by atoms with Crippen molar-refractivity contribution in [3.8, 4) is 0 Å². The fourth-order valence-corrected chi connectivity index (χ4v) is 6.21. The Balaban J connectivity index is 1.90. The maximum absolute atomic E-state index is 6.41. The molecule has 0 radical (unpaired) electrons. The molecular formula is C21H37N. The van der Waals surface area contributed by atoms with Gasteiger partial charge in [-0.3, -0.25) is 0 Å². The number of fused-ring (bicyclic) bond motifs is 4. The van der Waals surface area contributed by atoms with Crippen molar-refractivity contribution < 1.29 is 0 Å². The maximum Gasteiger partial charge on any atom is 0.00761 e. The van der Waals surface area contributed by atoms with Crippen molar-refractivity contribution in [1.82, 2.24) is 0 Å². The zero-order chi connectivity index (χ0) is 15.7. The first-order chi connectivity index (χ1) is 10.5. The molecule has 1 saturated carbocycles. The van der Waals surface area contributed by atoms with Crippen LogP contribution in [0.15, 0.2) is 11.6 Å². The molecule has 0 spiro atoms. The second kappa shape index (κ2) is 6.67. The molecule has 2 bridgehead atoms. The molecule has 0 heterocycles. The predicted molar refractivity (Wildman–Crippen MR) is 95.6 cm³/mol. The summed E-state index contributed by atoms with van der Waals surface area (Å²) in [6.45, 7) is 7.54. The van der Waals surface area contributed by atoms with Gasteiger partial charge in [-0.2, -0.15) is 0 Å². The molecule has 3 rings (SSSR count). The Hall–Kier alpha value is -0.300. The average molecular weight is 304 g/mol. The first-order valence-electron chi connectivity index (χ1n) is 9.96. The van der Waals surface area contributed by atoms with Gasteiger partial charge in [-0.1, -0.05) is 38.8 Å². The van der Waals surface area contributed by atoms with E-state index in [0.717, 1.165) is 30.1 Å². The summed E-state index contributed by atoms with van der Waals surface area (Å²) in [6, 6.07) is 0.402. The molecule has 3 aliphatic carbocycles. The quantitative estimate of drug-likeness (QED) is 0.618. The Kier molecular flexibility index (Phi) is 5.02. The van der Waals surface area contributed by atoms with E-state index in [1.165, 1.54) is 57.8 Å². The first kappa shape index (κ1) is 16.6. The van der Waals surface area contributed by atoms with Crippen molar-refractivity contribution in [3.05, 3.63) is 11.6 Å². The molecule has 126 valence electrons. The van der Waals surface area contributed by atoms with Crippen molar-refractivity contribution in [3.63, 3.8) is 0 Å². The molecule has 0 aromatic carbocycles. The van der Waals surface area contributed by atoms with Gasteiger partial charge in [0.25, 0.3) is 0 Å². The van der Waals surface area contributed by atoms with Crippen LogP contribution in [-0.4, -0.2) is 6.04 Å². The molecule has 0 aromatic heterocycles. The summed E-state index contributed by atoms with van der Waals surface area (Å²) in [4.78, 5) is 0. The largest absolute Gasteiger partial charge is 0.327 e. The van der Waals surface area contributed by atoms with Crippen molar-refractivity contribution in [1.29, 1.82) is 0 Å². The zero-order valence-electron chi connectivity index (χ0n) is 15.1. The Bertz CT molecular complexity index is 412. The predicted octanol–water partition coefficient (Wildman–Crippen LogP) is 5.69. The third kappa shape index (κ3) is 3.16. The fraction of sp³-hybridized carbons (Fsp3) is 0.905. The van der Waals surface area contributed by atoms with Crippen LogP contribution in [0.5, 0.6) is 0 Å². The number of allylic oxidation sites excluding steroid dienone is 1. The van der Waals surface area contributed by atoms with Crippen LogP contribution in [0.2, 0.25) is 0 Å². The van der Waals surface area contributed by atoms with E-state index >= 15 is 0 Å². The van der Waals surface area contributed by atoms with E-state index in [9.17, 15) is 0 Å². The molecule has 1 heteroatoms. The van der Waals surface area contributed by atoms with Crippen molar-refractivity contribution in [2.75, 3.05) is 0 Å². The van der Waals surface area contributed by atoms with E-state index in [4.69, 9.17) is 5.73 Å². The third-order valence-electron chi connectivity index (χ3n) is 7.62. The van der Waals surface area contributed by atoms with E-state index < -0.39 is 0 Å². The molecule has 2 N–H and O–H groups in total. The summed E-state index contributed by atoms with van der Waals surface area (Å²) >= 11 is 0. The van der Waals surface area contributed by atoms with Gasteiger partial charge in [-0.05, 0) is 86.9 Å². The number of nitrogens with two attached hydrogens (primary N) is 1. The standard InChI is InChI=1S/C21H37N/c1-4-18-8-10-20-17-7-6-16(11-12-21(18,20)3)14-19(22)9-5-15(2)13-17/h6,15,17-20H,4-5,7-14,22H2,1-3H3/b16-6+. The van der Waals surface area contributed by atoms with Gasteiger partial charge in [-0.25, -0.2) is 0 Å². The van der Waals surface area contributed by atoms with Crippen LogP contribution in [0.25, 0.3) is 0 Å². The lowest BCUT2D eigenvalue weighted by Gasteiger charge is -2.43. The van der Waals surface area contributed by atoms with Gasteiger partial charge in [0.15, 0.2) is 0 Å². The van der Waals surface area contributed by atoms with Crippen LogP contribution in [-0.2, 0) is 0 Å². The highest BCUT2D eigenvalue weighted by molar-refractivity contribution is 5.11. The lowest BCUT2D eigenvalue weighted by Crippen LogP contribution is -2.36. The van der Waals surface area contributed by atoms with Crippen LogP contribution in [0.1, 0.15) is 85.0 Å². The highest BCUT2D eigenvalue weighted by Crippen LogP contribution is 2.57. The summed E-state index contributed by atoms with van der Waals surface area (Å²) in [5, 5.41) is 0. The molecule has 1 fully saturated rings. The molecule has 0 aliphatic heterocycles. The Morgan fingerprint density at radius 1 is 1.23 bits per heavy atom. The van der Waals surface area contributed by atoms with E-state index in [-0.39, 0.29) is 0 Å². The van der Waals surface area contributed by atoms with Crippen LogP contribution >= 0.6 is 0 Å². The third-order valence-corrected chi connectivity index (χ3v) is 7.62. The first-order valence-corrected chi connectivity index (χ1v) is 9.96. The Morgan fingerprint density at radius 3 is 2.82 bits per heavy atom. The van der Waals surface area contributed by atoms with Crippen molar-refractivity contribution in [2.45, 2.75) is 91.0 Å². The molecule has 6 atom stereocenters. The average Bonchev–Trinajstić information content (AvgIpc) is 2.81. The smallest absolute Gasteiger partial charge is 0.00761 e. The highest BCUT2D eigenvalue weighted by Gasteiger charge is 2.48. The topological polar surface area (TPSA) is 26.0 Å². The minimum atomic E-state index is 0.402. The highest BCUT2D eigenvalue weighted by atomic mass is 14.6. The second-order valence-electron chi connectivity index (χ2n) is 9.04. The van der Waals surface area contributed by atoms with Crippen molar-refractivity contribution in [2.24, 2.45) is 34.8 Å². The lowest BCUT2D eigenvalue weighted by molar-refractivity contribution is 0.0780. The van der Waals surface area contributed by atoms with E-state index in [2.05, 4.69) is 26.8 Å². The van der Waals surface area contributed by atoms with Crippen LogP contribution in [0.4, 0.5) is 0 Å². The Labute approximate surface area is 138 Å². The van der Waals surface area contributed by atoms with Gasteiger partial charge in [0.1, 0.15) is 0 Å².